The molecule has 1 nitrogen and oxygen atoms in total. The van der Waals surface area contributed by atoms with Gasteiger partial charge in [-0.2, -0.15) is 13.2 Å². The molecule has 0 aliphatic rings. The first-order valence-corrected chi connectivity index (χ1v) is 7.30. The van der Waals surface area contributed by atoms with Crippen molar-refractivity contribution in [3.63, 3.8) is 0 Å². The molecule has 0 bridgehead atoms. The van der Waals surface area contributed by atoms with E-state index in [0.29, 0.717) is 10.6 Å². The van der Waals surface area contributed by atoms with Crippen molar-refractivity contribution in [2.24, 2.45) is 0 Å². The van der Waals surface area contributed by atoms with Crippen LogP contribution in [0.25, 0.3) is 0 Å². The molecule has 0 aliphatic heterocycles. The molecule has 0 radical (unpaired) electrons. The van der Waals surface area contributed by atoms with Crippen LogP contribution in [0.3, 0.4) is 0 Å². The van der Waals surface area contributed by atoms with E-state index in [1.807, 2.05) is 0 Å². The van der Waals surface area contributed by atoms with Crippen molar-refractivity contribution in [1.29, 1.82) is 0 Å². The molecule has 0 spiro atoms. The average molecular weight is 379 g/mol. The van der Waals surface area contributed by atoms with E-state index in [1.54, 1.807) is 31.3 Å². The van der Waals surface area contributed by atoms with Crippen LogP contribution in [-0.4, -0.2) is 7.05 Å². The molecule has 6 heteroatoms. The van der Waals surface area contributed by atoms with Crippen LogP contribution in [0.2, 0.25) is 5.02 Å². The van der Waals surface area contributed by atoms with E-state index < -0.39 is 17.8 Å². The van der Waals surface area contributed by atoms with Crippen LogP contribution in [0.5, 0.6) is 0 Å². The van der Waals surface area contributed by atoms with Crippen LogP contribution in [0.4, 0.5) is 13.2 Å². The first-order valence-electron chi connectivity index (χ1n) is 6.13. The Labute approximate surface area is 134 Å². The van der Waals surface area contributed by atoms with Gasteiger partial charge in [0.05, 0.1) is 11.6 Å². The van der Waals surface area contributed by atoms with Crippen molar-refractivity contribution in [2.75, 3.05) is 7.05 Å². The van der Waals surface area contributed by atoms with Crippen molar-refractivity contribution in [2.45, 2.75) is 12.2 Å². The second-order valence-corrected chi connectivity index (χ2v) is 5.80. The molecule has 2 aromatic rings. The van der Waals surface area contributed by atoms with Gasteiger partial charge in [-0.15, -0.1) is 0 Å². The third-order valence-electron chi connectivity index (χ3n) is 3.14. The number of halogens is 5. The molecule has 0 saturated carbocycles. The Kier molecular flexibility index (Phi) is 4.96. The van der Waals surface area contributed by atoms with Gasteiger partial charge in [-0.1, -0.05) is 51.8 Å². The highest BCUT2D eigenvalue weighted by molar-refractivity contribution is 9.10. The predicted octanol–water partition coefficient (Wildman–Crippen LogP) is 5.43. The van der Waals surface area contributed by atoms with E-state index in [2.05, 4.69) is 21.2 Å². The summed E-state index contributed by atoms with van der Waals surface area (Å²) in [7, 11) is 1.61. The van der Waals surface area contributed by atoms with Crippen molar-refractivity contribution in [1.82, 2.24) is 5.32 Å². The van der Waals surface area contributed by atoms with Crippen molar-refractivity contribution in [3.05, 3.63) is 68.7 Å². The fourth-order valence-corrected chi connectivity index (χ4v) is 3.00. The van der Waals surface area contributed by atoms with Gasteiger partial charge in [0.15, 0.2) is 0 Å². The molecule has 2 rings (SSSR count). The van der Waals surface area contributed by atoms with E-state index in [1.165, 1.54) is 12.1 Å². The van der Waals surface area contributed by atoms with Crippen molar-refractivity contribution < 1.29 is 13.2 Å². The van der Waals surface area contributed by atoms with Gasteiger partial charge in [-0.05, 0) is 36.4 Å². The summed E-state index contributed by atoms with van der Waals surface area (Å²) >= 11 is 9.45. The lowest BCUT2D eigenvalue weighted by molar-refractivity contribution is -0.138. The number of rotatable bonds is 3. The molecule has 2 aromatic carbocycles. The van der Waals surface area contributed by atoms with Crippen LogP contribution < -0.4 is 5.32 Å². The van der Waals surface area contributed by atoms with Crippen LogP contribution in [-0.2, 0) is 6.18 Å². The normalized spacial score (nSPS) is 13.2. The molecule has 0 aliphatic carbocycles. The molecule has 0 fully saturated rings. The Hall–Kier alpha value is -1.04. The molecule has 1 unspecified atom stereocenters. The van der Waals surface area contributed by atoms with Gasteiger partial charge in [-0.3, -0.25) is 0 Å². The summed E-state index contributed by atoms with van der Waals surface area (Å²) in [6.45, 7) is 0. The molecule has 1 atom stereocenters. The number of hydrogen-bond donors (Lipinski definition) is 1. The molecular weight excluding hydrogens is 367 g/mol. The van der Waals surface area contributed by atoms with Crippen LogP contribution in [0.15, 0.2) is 46.9 Å². The Morgan fingerprint density at radius 2 is 1.76 bits per heavy atom. The fourth-order valence-electron chi connectivity index (χ4n) is 2.22. The Morgan fingerprint density at radius 1 is 1.10 bits per heavy atom. The smallest absolute Gasteiger partial charge is 0.309 e. The van der Waals surface area contributed by atoms with Gasteiger partial charge in [0.2, 0.25) is 0 Å². The largest absolute Gasteiger partial charge is 0.416 e. The molecule has 0 aromatic heterocycles. The van der Waals surface area contributed by atoms with E-state index in [9.17, 15) is 13.2 Å². The average Bonchev–Trinajstić information content (AvgIpc) is 2.41. The first kappa shape index (κ1) is 16.3. The van der Waals surface area contributed by atoms with E-state index in [-0.39, 0.29) is 5.56 Å². The second kappa shape index (κ2) is 6.38. The number of hydrogen-bond acceptors (Lipinski definition) is 1. The minimum atomic E-state index is -4.41. The third-order valence-corrected chi connectivity index (χ3v) is 3.96. The zero-order valence-electron chi connectivity index (χ0n) is 11.0. The summed E-state index contributed by atoms with van der Waals surface area (Å²) in [6, 6.07) is 9.99. The summed E-state index contributed by atoms with van der Waals surface area (Å²) in [5.74, 6) is 0. The summed E-state index contributed by atoms with van der Waals surface area (Å²) in [4.78, 5) is 0. The van der Waals surface area contributed by atoms with Crippen molar-refractivity contribution >= 4 is 27.5 Å². The molecule has 1 N–H and O–H groups in total. The Bertz CT molecular complexity index is 643. The molecule has 112 valence electrons. The highest BCUT2D eigenvalue weighted by Gasteiger charge is 2.35. The van der Waals surface area contributed by atoms with Gasteiger partial charge < -0.3 is 5.32 Å². The van der Waals surface area contributed by atoms with Gasteiger partial charge >= 0.3 is 6.18 Å². The minimum absolute atomic E-state index is 0.150. The van der Waals surface area contributed by atoms with E-state index >= 15 is 0 Å². The third kappa shape index (κ3) is 3.59. The maximum Gasteiger partial charge on any atom is 0.416 e. The van der Waals surface area contributed by atoms with Crippen LogP contribution in [0.1, 0.15) is 22.7 Å². The lowest BCUT2D eigenvalue weighted by atomic mass is 9.94. The summed E-state index contributed by atoms with van der Waals surface area (Å²) in [5.41, 5.74) is 0.0825. The summed E-state index contributed by atoms with van der Waals surface area (Å²) < 4.78 is 40.2. The van der Waals surface area contributed by atoms with Gasteiger partial charge in [0, 0.05) is 9.50 Å². The first-order chi connectivity index (χ1) is 9.84. The van der Waals surface area contributed by atoms with Crippen LogP contribution >= 0.6 is 27.5 Å². The lowest BCUT2D eigenvalue weighted by Gasteiger charge is -2.22. The Balaban J connectivity index is 2.57. The number of alkyl halides is 3. The Morgan fingerprint density at radius 3 is 2.33 bits per heavy atom. The highest BCUT2D eigenvalue weighted by Crippen LogP contribution is 2.38. The standard InChI is InChI=1S/C15H12BrClF3N/c1-21-14(11-7-6-9(16)8-13(11)17)10-4-2-3-5-12(10)15(18,19)20/h2-8,14,21H,1H3. The number of nitrogens with one attached hydrogen (secondary N) is 1. The van der Waals surface area contributed by atoms with E-state index in [0.717, 1.165) is 10.5 Å². The second-order valence-electron chi connectivity index (χ2n) is 4.47. The zero-order valence-corrected chi connectivity index (χ0v) is 13.4. The van der Waals surface area contributed by atoms with E-state index in [4.69, 9.17) is 11.6 Å². The summed E-state index contributed by atoms with van der Waals surface area (Å²) in [5, 5.41) is 3.31. The molecule has 21 heavy (non-hydrogen) atoms. The zero-order chi connectivity index (χ0) is 15.6. The van der Waals surface area contributed by atoms with Crippen molar-refractivity contribution in [3.8, 4) is 0 Å². The quantitative estimate of drug-likeness (QED) is 0.751. The minimum Gasteiger partial charge on any atom is -0.309 e. The van der Waals surface area contributed by atoms with Gasteiger partial charge in [0.1, 0.15) is 0 Å². The molecule has 0 saturated heterocycles. The lowest BCUT2D eigenvalue weighted by Crippen LogP contribution is -2.22. The molecular formula is C15H12BrClF3N. The van der Waals surface area contributed by atoms with Gasteiger partial charge in [0.25, 0.3) is 0 Å². The number of benzene rings is 2. The monoisotopic (exact) mass is 377 g/mol. The summed E-state index contributed by atoms with van der Waals surface area (Å²) in [6.07, 6.45) is -4.41. The maximum atomic E-state index is 13.2. The SMILES string of the molecule is CNC(c1ccc(Br)cc1Cl)c1ccccc1C(F)(F)F. The van der Waals surface area contributed by atoms with Gasteiger partial charge in [-0.25, -0.2) is 0 Å². The fraction of sp³-hybridized carbons (Fsp3) is 0.200. The maximum absolute atomic E-state index is 13.2. The molecule has 0 heterocycles. The predicted molar refractivity (Wildman–Crippen MR) is 81.5 cm³/mol. The molecule has 0 amide bonds. The highest BCUT2D eigenvalue weighted by atomic mass is 79.9. The van der Waals surface area contributed by atoms with Crippen LogP contribution in [0, 0.1) is 0 Å². The topological polar surface area (TPSA) is 12.0 Å².